The Kier molecular flexibility index (Phi) is 4.64. The van der Waals surface area contributed by atoms with Crippen LogP contribution >= 0.6 is 15.9 Å². The Labute approximate surface area is 152 Å². The van der Waals surface area contributed by atoms with Gasteiger partial charge in [0.05, 0.1) is 16.2 Å². The molecular weight excluding hydrogens is 389 g/mol. The Morgan fingerprint density at radius 3 is 2.80 bits per heavy atom. The Balaban J connectivity index is 1.79. The van der Waals surface area contributed by atoms with E-state index in [1.807, 2.05) is 20.8 Å². The quantitative estimate of drug-likeness (QED) is 0.694. The average Bonchev–Trinajstić information content (AvgIpc) is 2.95. The third kappa shape index (κ3) is 3.73. The Hall–Kier alpha value is -2.22. The van der Waals surface area contributed by atoms with Gasteiger partial charge in [-0.3, -0.25) is 9.78 Å². The average molecular weight is 408 g/mol. The summed E-state index contributed by atoms with van der Waals surface area (Å²) >= 11 is 3.18. The van der Waals surface area contributed by atoms with E-state index < -0.39 is 0 Å². The van der Waals surface area contributed by atoms with E-state index in [0.717, 1.165) is 5.56 Å². The number of aromatic amines is 1. The summed E-state index contributed by atoms with van der Waals surface area (Å²) < 4.78 is 15.4. The van der Waals surface area contributed by atoms with Gasteiger partial charge in [0.1, 0.15) is 11.2 Å². The standard InChI is InChI=1S/C17H19BrFN5O/c1-17(2,3)24-14-11(9-21-24)15(25)23-16(22-14)20-7-6-10-4-5-13(19)12(18)8-10/h4-5,8-9H,6-7H2,1-3H3,(H2,20,22,23,25). The lowest BCUT2D eigenvalue weighted by Crippen LogP contribution is -2.24. The first-order valence-corrected chi connectivity index (χ1v) is 8.71. The van der Waals surface area contributed by atoms with Crippen molar-refractivity contribution in [1.82, 2.24) is 19.7 Å². The van der Waals surface area contributed by atoms with Crippen LogP contribution < -0.4 is 10.9 Å². The molecule has 0 atom stereocenters. The minimum atomic E-state index is -0.288. The molecule has 6 nitrogen and oxygen atoms in total. The summed E-state index contributed by atoms with van der Waals surface area (Å²) in [6.45, 7) is 6.56. The number of hydrogen-bond acceptors (Lipinski definition) is 4. The van der Waals surface area contributed by atoms with Crippen molar-refractivity contribution in [3.05, 3.63) is 50.6 Å². The van der Waals surface area contributed by atoms with Gasteiger partial charge in [0.2, 0.25) is 5.95 Å². The second kappa shape index (κ2) is 6.59. The third-order valence-electron chi connectivity index (χ3n) is 3.76. The van der Waals surface area contributed by atoms with Crippen molar-refractivity contribution in [1.29, 1.82) is 0 Å². The molecule has 2 N–H and O–H groups in total. The van der Waals surface area contributed by atoms with Crippen LogP contribution in [0, 0.1) is 5.82 Å². The first kappa shape index (κ1) is 17.6. The number of anilines is 1. The first-order valence-electron chi connectivity index (χ1n) is 7.92. The molecule has 3 aromatic rings. The van der Waals surface area contributed by atoms with Crippen molar-refractivity contribution in [3.8, 4) is 0 Å². The fraction of sp³-hybridized carbons (Fsp3) is 0.353. The second-order valence-electron chi connectivity index (χ2n) is 6.80. The smallest absolute Gasteiger partial charge is 0.263 e. The fourth-order valence-corrected chi connectivity index (χ4v) is 2.94. The minimum absolute atomic E-state index is 0.229. The zero-order chi connectivity index (χ0) is 18.2. The summed E-state index contributed by atoms with van der Waals surface area (Å²) in [7, 11) is 0. The van der Waals surface area contributed by atoms with Gasteiger partial charge in [-0.05, 0) is 60.8 Å². The Bertz CT molecular complexity index is 973. The number of hydrogen-bond donors (Lipinski definition) is 2. The summed E-state index contributed by atoms with van der Waals surface area (Å²) in [6.07, 6.45) is 2.20. The summed E-state index contributed by atoms with van der Waals surface area (Å²) in [5.74, 6) is 0.105. The largest absolute Gasteiger partial charge is 0.355 e. The van der Waals surface area contributed by atoms with Crippen LogP contribution in [0.4, 0.5) is 10.3 Å². The summed E-state index contributed by atoms with van der Waals surface area (Å²) in [4.78, 5) is 19.4. The number of aromatic nitrogens is 4. The number of benzene rings is 1. The highest BCUT2D eigenvalue weighted by Gasteiger charge is 2.19. The zero-order valence-corrected chi connectivity index (χ0v) is 15.8. The number of fused-ring (bicyclic) bond motifs is 1. The molecule has 3 rings (SSSR count). The van der Waals surface area contributed by atoms with Crippen LogP contribution in [0.1, 0.15) is 26.3 Å². The SMILES string of the molecule is CC(C)(C)n1ncc2c(=O)[nH]c(NCCc3ccc(F)c(Br)c3)nc21. The van der Waals surface area contributed by atoms with Gasteiger partial charge in [-0.25, -0.2) is 9.07 Å². The van der Waals surface area contributed by atoms with Crippen LogP contribution in [0.5, 0.6) is 0 Å². The highest BCUT2D eigenvalue weighted by Crippen LogP contribution is 2.19. The molecule has 2 heterocycles. The van der Waals surface area contributed by atoms with Gasteiger partial charge in [0.15, 0.2) is 5.65 Å². The predicted octanol–water partition coefficient (Wildman–Crippen LogP) is 3.43. The molecule has 0 amide bonds. The van der Waals surface area contributed by atoms with Crippen molar-refractivity contribution < 1.29 is 4.39 Å². The van der Waals surface area contributed by atoms with E-state index in [1.54, 1.807) is 16.8 Å². The molecule has 0 spiro atoms. The predicted molar refractivity (Wildman–Crippen MR) is 99.4 cm³/mol. The highest BCUT2D eigenvalue weighted by molar-refractivity contribution is 9.10. The lowest BCUT2D eigenvalue weighted by atomic mass is 10.1. The van der Waals surface area contributed by atoms with E-state index in [4.69, 9.17) is 0 Å². The molecular formula is C17H19BrFN5O. The van der Waals surface area contributed by atoms with E-state index in [9.17, 15) is 9.18 Å². The van der Waals surface area contributed by atoms with Gasteiger partial charge < -0.3 is 5.32 Å². The molecule has 0 unspecified atom stereocenters. The maximum atomic E-state index is 13.3. The van der Waals surface area contributed by atoms with Gasteiger partial charge in [0.25, 0.3) is 5.56 Å². The van der Waals surface area contributed by atoms with Gasteiger partial charge in [-0.1, -0.05) is 6.07 Å². The highest BCUT2D eigenvalue weighted by atomic mass is 79.9. The van der Waals surface area contributed by atoms with Crippen LogP contribution in [0.2, 0.25) is 0 Å². The minimum Gasteiger partial charge on any atom is -0.355 e. The van der Waals surface area contributed by atoms with Crippen molar-refractivity contribution in [2.75, 3.05) is 11.9 Å². The van der Waals surface area contributed by atoms with E-state index >= 15 is 0 Å². The van der Waals surface area contributed by atoms with Crippen LogP contribution in [0.15, 0.2) is 33.7 Å². The molecule has 0 saturated heterocycles. The third-order valence-corrected chi connectivity index (χ3v) is 4.37. The maximum Gasteiger partial charge on any atom is 0.263 e. The molecule has 132 valence electrons. The molecule has 0 radical (unpaired) electrons. The summed E-state index contributed by atoms with van der Waals surface area (Å²) in [6, 6.07) is 4.90. The molecule has 1 aromatic carbocycles. The zero-order valence-electron chi connectivity index (χ0n) is 14.2. The van der Waals surface area contributed by atoms with Crippen LogP contribution in [0.25, 0.3) is 11.0 Å². The van der Waals surface area contributed by atoms with E-state index in [2.05, 4.69) is 36.3 Å². The molecule has 25 heavy (non-hydrogen) atoms. The van der Waals surface area contributed by atoms with Gasteiger partial charge in [0, 0.05) is 6.54 Å². The lowest BCUT2D eigenvalue weighted by Gasteiger charge is -2.19. The topological polar surface area (TPSA) is 75.6 Å². The number of H-pyrrole nitrogens is 1. The van der Waals surface area contributed by atoms with Crippen molar-refractivity contribution in [2.24, 2.45) is 0 Å². The van der Waals surface area contributed by atoms with E-state index in [-0.39, 0.29) is 16.9 Å². The van der Waals surface area contributed by atoms with Crippen molar-refractivity contribution in [3.63, 3.8) is 0 Å². The second-order valence-corrected chi connectivity index (χ2v) is 7.66. The monoisotopic (exact) mass is 407 g/mol. The molecule has 8 heteroatoms. The van der Waals surface area contributed by atoms with Crippen LogP contribution in [-0.4, -0.2) is 26.3 Å². The maximum absolute atomic E-state index is 13.3. The van der Waals surface area contributed by atoms with Crippen LogP contribution in [-0.2, 0) is 12.0 Å². The first-order chi connectivity index (χ1) is 11.8. The molecule has 0 fully saturated rings. The number of nitrogens with one attached hydrogen (secondary N) is 2. The summed E-state index contributed by atoms with van der Waals surface area (Å²) in [5, 5.41) is 7.85. The molecule has 0 bridgehead atoms. The molecule has 0 saturated carbocycles. The fourth-order valence-electron chi connectivity index (χ4n) is 2.51. The molecule has 0 aliphatic carbocycles. The van der Waals surface area contributed by atoms with E-state index in [1.165, 1.54) is 12.3 Å². The van der Waals surface area contributed by atoms with Gasteiger partial charge in [-0.15, -0.1) is 0 Å². The lowest BCUT2D eigenvalue weighted by molar-refractivity contribution is 0.366. The van der Waals surface area contributed by atoms with Gasteiger partial charge >= 0.3 is 0 Å². The molecule has 2 aromatic heterocycles. The van der Waals surface area contributed by atoms with Gasteiger partial charge in [-0.2, -0.15) is 10.1 Å². The summed E-state index contributed by atoms with van der Waals surface area (Å²) in [5.41, 5.74) is 1.01. The Morgan fingerprint density at radius 2 is 2.12 bits per heavy atom. The number of halogens is 2. The number of nitrogens with zero attached hydrogens (tertiary/aromatic N) is 3. The molecule has 0 aliphatic rings. The van der Waals surface area contributed by atoms with Crippen LogP contribution in [0.3, 0.4) is 0 Å². The normalized spacial score (nSPS) is 11.9. The number of rotatable bonds is 4. The Morgan fingerprint density at radius 1 is 1.36 bits per heavy atom. The molecule has 0 aliphatic heterocycles. The van der Waals surface area contributed by atoms with E-state index in [0.29, 0.717) is 34.4 Å². The van der Waals surface area contributed by atoms with Crippen molar-refractivity contribution >= 4 is 32.9 Å². The van der Waals surface area contributed by atoms with Crippen molar-refractivity contribution in [2.45, 2.75) is 32.7 Å².